The molecule has 2 bridgehead atoms. The fraction of sp³-hybridized carbons (Fsp3) is 0.276. The van der Waals surface area contributed by atoms with Crippen molar-refractivity contribution in [3.8, 4) is 0 Å². The maximum atomic E-state index is 14.0. The number of hydrogen-bond acceptors (Lipinski definition) is 3. The molecular formula is C29H23BrCl2N2O3. The van der Waals surface area contributed by atoms with E-state index in [4.69, 9.17) is 23.2 Å². The lowest BCUT2D eigenvalue weighted by Crippen LogP contribution is -2.57. The molecule has 1 heterocycles. The van der Waals surface area contributed by atoms with Crippen LogP contribution < -0.4 is 5.32 Å². The van der Waals surface area contributed by atoms with E-state index in [-0.39, 0.29) is 0 Å². The van der Waals surface area contributed by atoms with Crippen molar-refractivity contribution in [1.82, 2.24) is 4.90 Å². The molecule has 1 saturated heterocycles. The lowest BCUT2D eigenvalue weighted by molar-refractivity contribution is -0.146. The summed E-state index contributed by atoms with van der Waals surface area (Å²) >= 11 is 18.4. The second-order valence-corrected chi connectivity index (χ2v) is 12.1. The molecule has 3 aromatic carbocycles. The highest BCUT2D eigenvalue weighted by Gasteiger charge is 2.73. The molecule has 37 heavy (non-hydrogen) atoms. The molecule has 0 unspecified atom stereocenters. The van der Waals surface area contributed by atoms with Crippen LogP contribution in [0.3, 0.4) is 0 Å². The number of nitrogens with zero attached hydrogens (tertiary/aromatic N) is 1. The third-order valence-electron chi connectivity index (χ3n) is 8.15. The van der Waals surface area contributed by atoms with Crippen molar-refractivity contribution >= 4 is 62.5 Å². The summed E-state index contributed by atoms with van der Waals surface area (Å²) in [6, 6.07) is 17.7. The molecule has 7 rings (SSSR count). The normalized spacial score (nSPS) is 28.0. The minimum Gasteiger partial charge on any atom is -0.324 e. The minimum absolute atomic E-state index is 0.459. The molecule has 3 amide bonds. The molecule has 8 heteroatoms. The van der Waals surface area contributed by atoms with Crippen LogP contribution in [0.15, 0.2) is 65.1 Å². The number of amides is 3. The number of nitrogens with one attached hydrogen (secondary N) is 1. The first kappa shape index (κ1) is 24.7. The van der Waals surface area contributed by atoms with Crippen molar-refractivity contribution in [3.63, 3.8) is 0 Å². The van der Waals surface area contributed by atoms with Crippen LogP contribution in [0.2, 0.25) is 0 Å². The number of carbonyl (C=O) groups is 3. The molecule has 3 atom stereocenters. The number of anilines is 1. The predicted molar refractivity (Wildman–Crippen MR) is 147 cm³/mol. The van der Waals surface area contributed by atoms with Crippen LogP contribution in [0.5, 0.6) is 0 Å². The molecule has 3 aromatic rings. The van der Waals surface area contributed by atoms with Gasteiger partial charge < -0.3 is 5.32 Å². The number of benzene rings is 3. The summed E-state index contributed by atoms with van der Waals surface area (Å²) in [5, 5.41) is 2.90. The Kier molecular flexibility index (Phi) is 5.44. The Hall–Kier alpha value is -2.67. The van der Waals surface area contributed by atoms with Gasteiger partial charge in [-0.25, -0.2) is 0 Å². The highest BCUT2D eigenvalue weighted by molar-refractivity contribution is 9.10. The average molecular weight is 598 g/mol. The Balaban J connectivity index is 1.43. The van der Waals surface area contributed by atoms with Gasteiger partial charge in [0.05, 0.1) is 11.8 Å². The van der Waals surface area contributed by atoms with Gasteiger partial charge in [-0.2, -0.15) is 0 Å². The van der Waals surface area contributed by atoms with Gasteiger partial charge in [-0.1, -0.05) is 64.5 Å². The number of hydrogen-bond donors (Lipinski definition) is 1. The number of carbonyl (C=O) groups excluding carboxylic acids is 3. The second-order valence-electron chi connectivity index (χ2n) is 10.1. The van der Waals surface area contributed by atoms with Gasteiger partial charge in [0.25, 0.3) is 0 Å². The number of likely N-dealkylation sites (tertiary alicyclic amines) is 1. The van der Waals surface area contributed by atoms with Crippen LogP contribution in [-0.2, 0) is 24.1 Å². The first-order chi connectivity index (χ1) is 17.5. The molecule has 4 aliphatic rings. The maximum absolute atomic E-state index is 14.0. The van der Waals surface area contributed by atoms with E-state index in [1.807, 2.05) is 74.5 Å². The van der Waals surface area contributed by atoms with Gasteiger partial charge >= 0.3 is 0 Å². The van der Waals surface area contributed by atoms with Gasteiger partial charge in [0.1, 0.15) is 15.8 Å². The molecular weight excluding hydrogens is 575 g/mol. The Bertz CT molecular complexity index is 1420. The molecule has 0 spiro atoms. The summed E-state index contributed by atoms with van der Waals surface area (Å²) in [6.45, 7) is 5.37. The highest BCUT2D eigenvalue weighted by atomic mass is 79.9. The first-order valence-corrected chi connectivity index (χ1v) is 13.6. The fourth-order valence-corrected chi connectivity index (χ4v) is 7.90. The molecule has 1 aliphatic heterocycles. The Morgan fingerprint density at radius 3 is 1.73 bits per heavy atom. The summed E-state index contributed by atoms with van der Waals surface area (Å²) in [5.74, 6) is -3.29. The van der Waals surface area contributed by atoms with Gasteiger partial charge in [-0.15, -0.1) is 23.2 Å². The van der Waals surface area contributed by atoms with Gasteiger partial charge in [0.15, 0.2) is 0 Å². The van der Waals surface area contributed by atoms with Crippen molar-refractivity contribution in [3.05, 3.63) is 98.5 Å². The largest absolute Gasteiger partial charge is 0.324 e. The SMILES string of the molecule is Cc1cc(NC(=O)[C@H](C)N2C(=O)[C@H]3[C@H](C2=O)C2(Cl)c4ccccc4C3(Cl)c3ccccc32)c(C)cc1Br. The van der Waals surface area contributed by atoms with E-state index < -0.39 is 45.3 Å². The summed E-state index contributed by atoms with van der Waals surface area (Å²) in [4.78, 5) is 40.0. The Morgan fingerprint density at radius 1 is 0.865 bits per heavy atom. The van der Waals surface area contributed by atoms with Crippen molar-refractivity contribution in [2.75, 3.05) is 5.32 Å². The van der Waals surface area contributed by atoms with Crippen LogP contribution in [-0.4, -0.2) is 28.7 Å². The number of halogens is 3. The predicted octanol–water partition coefficient (Wildman–Crippen LogP) is 5.99. The fourth-order valence-electron chi connectivity index (χ4n) is 6.34. The summed E-state index contributed by atoms with van der Waals surface area (Å²) in [6.07, 6.45) is 0. The smallest absolute Gasteiger partial charge is 0.247 e. The van der Waals surface area contributed by atoms with E-state index in [1.54, 1.807) is 6.92 Å². The zero-order valence-electron chi connectivity index (χ0n) is 20.3. The third-order valence-corrected chi connectivity index (χ3v) is 10.3. The molecule has 0 aromatic heterocycles. The average Bonchev–Trinajstić information content (AvgIpc) is 3.16. The van der Waals surface area contributed by atoms with E-state index >= 15 is 0 Å². The van der Waals surface area contributed by atoms with Crippen molar-refractivity contribution in [2.24, 2.45) is 11.8 Å². The van der Waals surface area contributed by atoms with E-state index in [0.29, 0.717) is 5.69 Å². The zero-order chi connectivity index (χ0) is 26.4. The third kappa shape index (κ3) is 3.06. The standard InChI is InChI=1S/C29H23BrCl2N2O3/c1-14-13-22(15(2)12-21(14)30)33-25(35)16(3)34-26(36)23-24(27(34)37)29(32)18-9-5-4-8-17(18)28(23,31)19-10-6-7-11-20(19)29/h4-13,16,23-24H,1-3H3,(H,33,35)/t16-,23+,24+,28?,29?/m0/s1. The molecule has 0 saturated carbocycles. The van der Waals surface area contributed by atoms with E-state index in [9.17, 15) is 14.4 Å². The van der Waals surface area contributed by atoms with Crippen LogP contribution in [0.25, 0.3) is 0 Å². The van der Waals surface area contributed by atoms with Crippen LogP contribution in [0, 0.1) is 25.7 Å². The van der Waals surface area contributed by atoms with Gasteiger partial charge in [0, 0.05) is 10.2 Å². The van der Waals surface area contributed by atoms with Crippen LogP contribution >= 0.6 is 39.1 Å². The van der Waals surface area contributed by atoms with Gasteiger partial charge in [0.2, 0.25) is 17.7 Å². The van der Waals surface area contributed by atoms with E-state index in [1.165, 1.54) is 0 Å². The monoisotopic (exact) mass is 596 g/mol. The topological polar surface area (TPSA) is 66.5 Å². The molecule has 1 N–H and O–H groups in total. The maximum Gasteiger partial charge on any atom is 0.247 e. The minimum atomic E-state index is -1.27. The summed E-state index contributed by atoms with van der Waals surface area (Å²) in [7, 11) is 0. The molecule has 1 fully saturated rings. The van der Waals surface area contributed by atoms with Crippen LogP contribution in [0.4, 0.5) is 5.69 Å². The number of alkyl halides is 2. The quantitative estimate of drug-likeness (QED) is 0.298. The Labute approximate surface area is 233 Å². The van der Waals surface area contributed by atoms with Gasteiger partial charge in [-0.3, -0.25) is 19.3 Å². The second kappa shape index (κ2) is 8.16. The number of aryl methyl sites for hydroxylation is 2. The van der Waals surface area contributed by atoms with E-state index in [2.05, 4.69) is 21.2 Å². The first-order valence-electron chi connectivity index (χ1n) is 12.0. The van der Waals surface area contributed by atoms with E-state index in [0.717, 1.165) is 42.8 Å². The van der Waals surface area contributed by atoms with Crippen molar-refractivity contribution < 1.29 is 14.4 Å². The zero-order valence-corrected chi connectivity index (χ0v) is 23.4. The van der Waals surface area contributed by atoms with Crippen molar-refractivity contribution in [1.29, 1.82) is 0 Å². The molecule has 0 radical (unpaired) electrons. The highest BCUT2D eigenvalue weighted by Crippen LogP contribution is 2.69. The molecule has 188 valence electrons. The lowest BCUT2D eigenvalue weighted by atomic mass is 9.54. The summed E-state index contributed by atoms with van der Waals surface area (Å²) < 4.78 is 0.930. The number of imide groups is 1. The van der Waals surface area contributed by atoms with Crippen molar-refractivity contribution in [2.45, 2.75) is 36.6 Å². The lowest BCUT2D eigenvalue weighted by Gasteiger charge is -2.54. The van der Waals surface area contributed by atoms with Gasteiger partial charge in [-0.05, 0) is 66.3 Å². The molecule has 3 aliphatic carbocycles. The van der Waals surface area contributed by atoms with Crippen LogP contribution in [0.1, 0.15) is 40.3 Å². The Morgan fingerprint density at radius 2 is 1.30 bits per heavy atom. The molecule has 5 nitrogen and oxygen atoms in total. The summed E-state index contributed by atoms with van der Waals surface area (Å²) in [5.41, 5.74) is 5.35. The number of rotatable bonds is 3.